The van der Waals surface area contributed by atoms with Gasteiger partial charge < -0.3 is 10.2 Å². The summed E-state index contributed by atoms with van der Waals surface area (Å²) in [6, 6.07) is 7.48. The fourth-order valence-electron chi connectivity index (χ4n) is 1.92. The van der Waals surface area contributed by atoms with Crippen molar-refractivity contribution in [3.8, 4) is 0 Å². The van der Waals surface area contributed by atoms with E-state index in [9.17, 15) is 13.2 Å². The lowest BCUT2D eigenvalue weighted by Crippen LogP contribution is -2.25. The van der Waals surface area contributed by atoms with Crippen molar-refractivity contribution < 1.29 is 13.2 Å². The Kier molecular flexibility index (Phi) is 5.56. The Morgan fingerprint density at radius 2 is 2.05 bits per heavy atom. The van der Waals surface area contributed by atoms with E-state index in [1.54, 1.807) is 11.9 Å². The number of nitrogens with one attached hydrogen (secondary N) is 1. The van der Waals surface area contributed by atoms with E-state index in [0.29, 0.717) is 6.54 Å². The molecule has 1 rings (SSSR count). The molecule has 0 aromatic heterocycles. The number of sulfone groups is 1. The number of hydrogen-bond donors (Lipinski definition) is 1. The second-order valence-electron chi connectivity index (χ2n) is 5.21. The fourth-order valence-corrected chi connectivity index (χ4v) is 2.92. The SMILES string of the molecule is CC(=O)N(C)Cc1cccc(NC(C)CS(C)(=O)=O)c1. The van der Waals surface area contributed by atoms with Gasteiger partial charge in [-0.2, -0.15) is 0 Å². The van der Waals surface area contributed by atoms with Gasteiger partial charge in [-0.25, -0.2) is 8.42 Å². The number of carbonyl (C=O) groups is 1. The van der Waals surface area contributed by atoms with Crippen LogP contribution in [0.5, 0.6) is 0 Å². The lowest BCUT2D eigenvalue weighted by atomic mass is 10.2. The molecule has 0 heterocycles. The van der Waals surface area contributed by atoms with Crippen LogP contribution in [0.3, 0.4) is 0 Å². The average molecular weight is 298 g/mol. The quantitative estimate of drug-likeness (QED) is 0.864. The molecule has 20 heavy (non-hydrogen) atoms. The van der Waals surface area contributed by atoms with Gasteiger partial charge in [0.25, 0.3) is 0 Å². The lowest BCUT2D eigenvalue weighted by molar-refractivity contribution is -0.128. The Bertz CT molecular complexity index is 570. The van der Waals surface area contributed by atoms with Gasteiger partial charge in [0, 0.05) is 38.5 Å². The van der Waals surface area contributed by atoms with Gasteiger partial charge in [0.2, 0.25) is 5.91 Å². The van der Waals surface area contributed by atoms with Crippen molar-refractivity contribution in [3.63, 3.8) is 0 Å². The number of hydrogen-bond acceptors (Lipinski definition) is 4. The summed E-state index contributed by atoms with van der Waals surface area (Å²) in [7, 11) is -1.25. The molecule has 0 bridgehead atoms. The number of nitrogens with zero attached hydrogens (tertiary/aromatic N) is 1. The molecule has 0 aliphatic rings. The topological polar surface area (TPSA) is 66.5 Å². The molecule has 1 atom stereocenters. The minimum absolute atomic E-state index is 0.00815. The Morgan fingerprint density at radius 3 is 2.60 bits per heavy atom. The molecule has 0 fully saturated rings. The van der Waals surface area contributed by atoms with Gasteiger partial charge >= 0.3 is 0 Å². The molecule has 1 aromatic rings. The summed E-state index contributed by atoms with van der Waals surface area (Å²) in [5, 5.41) is 3.16. The van der Waals surface area contributed by atoms with E-state index < -0.39 is 9.84 Å². The maximum atomic E-state index is 11.2. The summed E-state index contributed by atoms with van der Waals surface area (Å²) in [5.41, 5.74) is 1.86. The Labute approximate surface area is 120 Å². The molecule has 1 unspecified atom stereocenters. The van der Waals surface area contributed by atoms with Crippen LogP contribution < -0.4 is 5.32 Å². The van der Waals surface area contributed by atoms with E-state index in [2.05, 4.69) is 5.32 Å². The zero-order valence-corrected chi connectivity index (χ0v) is 13.2. The molecule has 1 N–H and O–H groups in total. The molecule has 0 spiro atoms. The lowest BCUT2D eigenvalue weighted by Gasteiger charge is -2.17. The Morgan fingerprint density at radius 1 is 1.40 bits per heavy atom. The predicted octanol–water partition coefficient (Wildman–Crippen LogP) is 1.51. The molecule has 1 aromatic carbocycles. The molecule has 0 aliphatic carbocycles. The third-order valence-corrected chi connectivity index (χ3v) is 3.96. The van der Waals surface area contributed by atoms with Gasteiger partial charge in [0.15, 0.2) is 0 Å². The fraction of sp³-hybridized carbons (Fsp3) is 0.500. The van der Waals surface area contributed by atoms with Gasteiger partial charge in [0.05, 0.1) is 5.75 Å². The summed E-state index contributed by atoms with van der Waals surface area (Å²) in [5.74, 6) is 0.0960. The maximum absolute atomic E-state index is 11.2. The van der Waals surface area contributed by atoms with Gasteiger partial charge in [0.1, 0.15) is 9.84 Å². The molecular weight excluding hydrogens is 276 g/mol. The highest BCUT2D eigenvalue weighted by Crippen LogP contribution is 2.13. The first kappa shape index (κ1) is 16.5. The summed E-state index contributed by atoms with van der Waals surface area (Å²) >= 11 is 0. The van der Waals surface area contributed by atoms with E-state index in [0.717, 1.165) is 11.3 Å². The zero-order valence-electron chi connectivity index (χ0n) is 12.4. The third-order valence-electron chi connectivity index (χ3n) is 2.85. The normalized spacial score (nSPS) is 12.8. The molecule has 0 saturated carbocycles. The van der Waals surface area contributed by atoms with Crippen molar-refractivity contribution in [3.05, 3.63) is 29.8 Å². The smallest absolute Gasteiger partial charge is 0.219 e. The molecule has 6 heteroatoms. The second kappa shape index (κ2) is 6.74. The molecule has 0 radical (unpaired) electrons. The molecule has 5 nitrogen and oxygen atoms in total. The van der Waals surface area contributed by atoms with Crippen LogP contribution in [0.2, 0.25) is 0 Å². The average Bonchev–Trinajstić information content (AvgIpc) is 2.26. The Balaban J connectivity index is 2.71. The highest BCUT2D eigenvalue weighted by molar-refractivity contribution is 7.90. The van der Waals surface area contributed by atoms with Crippen LogP contribution in [0.15, 0.2) is 24.3 Å². The molecule has 1 amide bonds. The number of amides is 1. The van der Waals surface area contributed by atoms with Crippen molar-refractivity contribution in [2.75, 3.05) is 24.4 Å². The van der Waals surface area contributed by atoms with E-state index >= 15 is 0 Å². The van der Waals surface area contributed by atoms with Gasteiger partial charge in [-0.15, -0.1) is 0 Å². The first-order valence-electron chi connectivity index (χ1n) is 6.42. The molecular formula is C14H22N2O3S. The van der Waals surface area contributed by atoms with Crippen LogP contribution in [-0.2, 0) is 21.2 Å². The Hall–Kier alpha value is -1.56. The largest absolute Gasteiger partial charge is 0.382 e. The monoisotopic (exact) mass is 298 g/mol. The van der Waals surface area contributed by atoms with Crippen molar-refractivity contribution in [1.82, 2.24) is 4.90 Å². The van der Waals surface area contributed by atoms with Crippen molar-refractivity contribution in [2.24, 2.45) is 0 Å². The van der Waals surface area contributed by atoms with E-state index in [4.69, 9.17) is 0 Å². The van der Waals surface area contributed by atoms with Gasteiger partial charge in [-0.3, -0.25) is 4.79 Å². The minimum Gasteiger partial charge on any atom is -0.382 e. The number of anilines is 1. The minimum atomic E-state index is -3.00. The van der Waals surface area contributed by atoms with Crippen molar-refractivity contribution in [1.29, 1.82) is 0 Å². The first-order valence-corrected chi connectivity index (χ1v) is 8.48. The molecule has 112 valence electrons. The summed E-state index contributed by atoms with van der Waals surface area (Å²) < 4.78 is 22.5. The van der Waals surface area contributed by atoms with E-state index in [1.807, 2.05) is 31.2 Å². The molecule has 0 saturated heterocycles. The summed E-state index contributed by atoms with van der Waals surface area (Å²) in [6.07, 6.45) is 1.23. The van der Waals surface area contributed by atoms with Crippen LogP contribution in [-0.4, -0.2) is 44.3 Å². The van der Waals surface area contributed by atoms with Crippen molar-refractivity contribution in [2.45, 2.75) is 26.4 Å². The number of rotatable bonds is 6. The van der Waals surface area contributed by atoms with E-state index in [1.165, 1.54) is 13.2 Å². The van der Waals surface area contributed by atoms with Crippen LogP contribution in [0.1, 0.15) is 19.4 Å². The highest BCUT2D eigenvalue weighted by atomic mass is 32.2. The van der Waals surface area contributed by atoms with Gasteiger partial charge in [-0.1, -0.05) is 12.1 Å². The maximum Gasteiger partial charge on any atom is 0.219 e. The number of carbonyl (C=O) groups excluding carboxylic acids is 1. The van der Waals surface area contributed by atoms with Crippen molar-refractivity contribution >= 4 is 21.4 Å². The first-order chi connectivity index (χ1) is 9.17. The van der Waals surface area contributed by atoms with Crippen LogP contribution in [0, 0.1) is 0 Å². The predicted molar refractivity (Wildman–Crippen MR) is 81.4 cm³/mol. The number of benzene rings is 1. The van der Waals surface area contributed by atoms with Gasteiger partial charge in [-0.05, 0) is 24.6 Å². The second-order valence-corrected chi connectivity index (χ2v) is 7.40. The summed E-state index contributed by atoms with van der Waals surface area (Å²) in [6.45, 7) is 3.89. The third kappa shape index (κ3) is 6.06. The standard InChI is InChI=1S/C14H22N2O3S/c1-11(10-20(4,18)19)15-14-7-5-6-13(8-14)9-16(3)12(2)17/h5-8,11,15H,9-10H2,1-4H3. The van der Waals surface area contributed by atoms with E-state index in [-0.39, 0.29) is 17.7 Å². The summed E-state index contributed by atoms with van der Waals surface area (Å²) in [4.78, 5) is 12.8. The van der Waals surface area contributed by atoms with Crippen LogP contribution in [0.25, 0.3) is 0 Å². The van der Waals surface area contributed by atoms with Crippen LogP contribution >= 0.6 is 0 Å². The highest BCUT2D eigenvalue weighted by Gasteiger charge is 2.10. The van der Waals surface area contributed by atoms with Crippen LogP contribution in [0.4, 0.5) is 5.69 Å². The molecule has 0 aliphatic heterocycles. The zero-order chi connectivity index (χ0) is 15.3.